The Hall–Kier alpha value is -1.37. The number of aromatic hydroxyl groups is 1. The van der Waals surface area contributed by atoms with Crippen LogP contribution >= 0.6 is 11.6 Å². The Morgan fingerprint density at radius 2 is 1.82 bits per heavy atom. The van der Waals surface area contributed by atoms with E-state index in [1.807, 2.05) is 0 Å². The predicted molar refractivity (Wildman–Crippen MR) is 65.0 cm³/mol. The molecule has 1 aromatic rings. The molecule has 7 heteroatoms. The second-order valence-electron chi connectivity index (χ2n) is 3.29. The van der Waals surface area contributed by atoms with E-state index in [0.717, 1.165) is 0 Å². The van der Waals surface area contributed by atoms with Gasteiger partial charge < -0.3 is 20.2 Å². The molecule has 0 amide bonds. The summed E-state index contributed by atoms with van der Waals surface area (Å²) in [5, 5.41) is 30.1. The van der Waals surface area contributed by atoms with Crippen LogP contribution < -0.4 is 4.90 Å². The number of halogens is 1. The number of phenolic OH excluding ortho intramolecular Hbond substituents is 1. The number of aliphatic hydroxyl groups excluding tert-OH is 2. The van der Waals surface area contributed by atoms with E-state index in [4.69, 9.17) is 21.8 Å². The van der Waals surface area contributed by atoms with Gasteiger partial charge in [0.15, 0.2) is 5.75 Å². The second-order valence-corrected chi connectivity index (χ2v) is 3.67. The first-order valence-electron chi connectivity index (χ1n) is 4.97. The van der Waals surface area contributed by atoms with Crippen molar-refractivity contribution in [2.24, 2.45) is 5.18 Å². The van der Waals surface area contributed by atoms with Crippen molar-refractivity contribution in [3.63, 3.8) is 0 Å². The maximum absolute atomic E-state index is 10.4. The van der Waals surface area contributed by atoms with Crippen LogP contribution in [0.3, 0.4) is 0 Å². The molecule has 0 heterocycles. The minimum absolute atomic E-state index is 0.0548. The van der Waals surface area contributed by atoms with Gasteiger partial charge >= 0.3 is 0 Å². The van der Waals surface area contributed by atoms with Gasteiger partial charge in [-0.25, -0.2) is 0 Å². The molecule has 0 atom stereocenters. The molecule has 0 saturated heterocycles. The van der Waals surface area contributed by atoms with E-state index in [1.54, 1.807) is 4.90 Å². The van der Waals surface area contributed by atoms with Crippen LogP contribution in [-0.4, -0.2) is 41.6 Å². The van der Waals surface area contributed by atoms with Gasteiger partial charge in [0.1, 0.15) is 10.7 Å². The highest BCUT2D eigenvalue weighted by Crippen LogP contribution is 2.40. The minimum Gasteiger partial charge on any atom is -0.504 e. The van der Waals surface area contributed by atoms with Crippen molar-refractivity contribution in [1.29, 1.82) is 0 Å². The third-order valence-electron chi connectivity index (χ3n) is 2.25. The fraction of sp³-hybridized carbons (Fsp3) is 0.400. The molecular weight excluding hydrogens is 248 g/mol. The minimum atomic E-state index is -0.286. The molecule has 0 aliphatic carbocycles. The average Bonchev–Trinajstić information content (AvgIpc) is 2.32. The molecule has 1 aromatic carbocycles. The highest BCUT2D eigenvalue weighted by Gasteiger charge is 2.16. The first-order chi connectivity index (χ1) is 8.15. The Morgan fingerprint density at radius 3 is 2.29 bits per heavy atom. The lowest BCUT2D eigenvalue weighted by atomic mass is 10.2. The van der Waals surface area contributed by atoms with Gasteiger partial charge in [0.2, 0.25) is 0 Å². The highest BCUT2D eigenvalue weighted by atomic mass is 35.5. The smallest absolute Gasteiger partial charge is 0.159 e. The lowest BCUT2D eigenvalue weighted by Gasteiger charge is -2.24. The summed E-state index contributed by atoms with van der Waals surface area (Å²) in [6.07, 6.45) is 0. The molecule has 0 fully saturated rings. The molecule has 1 rings (SSSR count). The van der Waals surface area contributed by atoms with Crippen LogP contribution in [0.4, 0.5) is 11.4 Å². The number of aliphatic hydroxyl groups is 2. The SMILES string of the molecule is O=Nc1ccc(N(CCO)CCO)c(O)c1Cl. The average molecular weight is 261 g/mol. The van der Waals surface area contributed by atoms with Crippen molar-refractivity contribution in [3.05, 3.63) is 22.1 Å². The fourth-order valence-corrected chi connectivity index (χ4v) is 1.66. The summed E-state index contributed by atoms with van der Waals surface area (Å²) >= 11 is 5.75. The van der Waals surface area contributed by atoms with Crippen LogP contribution in [-0.2, 0) is 0 Å². The number of nitroso groups, excluding NO2 is 1. The number of hydrogen-bond acceptors (Lipinski definition) is 6. The van der Waals surface area contributed by atoms with Crippen molar-refractivity contribution in [2.75, 3.05) is 31.2 Å². The van der Waals surface area contributed by atoms with E-state index in [0.29, 0.717) is 5.69 Å². The maximum Gasteiger partial charge on any atom is 0.159 e. The van der Waals surface area contributed by atoms with Crippen LogP contribution in [0.1, 0.15) is 0 Å². The Labute approximate surface area is 103 Å². The molecule has 6 nitrogen and oxygen atoms in total. The van der Waals surface area contributed by atoms with Crippen LogP contribution in [0, 0.1) is 4.91 Å². The first-order valence-corrected chi connectivity index (χ1v) is 5.35. The zero-order valence-corrected chi connectivity index (χ0v) is 9.76. The Bertz CT molecular complexity index is 394. The standard InChI is InChI=1S/C10H13ClN2O4/c11-9-7(12-17)1-2-8(10(9)16)13(3-5-14)4-6-15/h1-2,14-16H,3-6H2. The highest BCUT2D eigenvalue weighted by molar-refractivity contribution is 6.34. The van der Waals surface area contributed by atoms with Crippen molar-refractivity contribution < 1.29 is 15.3 Å². The summed E-state index contributed by atoms with van der Waals surface area (Å²) in [5.74, 6) is -0.286. The largest absolute Gasteiger partial charge is 0.504 e. The quantitative estimate of drug-likeness (QED) is 0.669. The molecule has 0 bridgehead atoms. The monoisotopic (exact) mass is 260 g/mol. The lowest BCUT2D eigenvalue weighted by Crippen LogP contribution is -2.29. The Morgan fingerprint density at radius 1 is 1.24 bits per heavy atom. The third kappa shape index (κ3) is 3.06. The molecule has 0 aliphatic heterocycles. The van der Waals surface area contributed by atoms with E-state index in [9.17, 15) is 10.0 Å². The van der Waals surface area contributed by atoms with E-state index in [1.165, 1.54) is 12.1 Å². The van der Waals surface area contributed by atoms with Crippen molar-refractivity contribution in [1.82, 2.24) is 0 Å². The van der Waals surface area contributed by atoms with Gasteiger partial charge in [-0.05, 0) is 17.3 Å². The van der Waals surface area contributed by atoms with Gasteiger partial charge in [-0.1, -0.05) is 11.6 Å². The molecule has 94 valence electrons. The van der Waals surface area contributed by atoms with Crippen LogP contribution in [0.5, 0.6) is 5.75 Å². The van der Waals surface area contributed by atoms with Gasteiger partial charge in [-0.15, -0.1) is 4.91 Å². The summed E-state index contributed by atoms with van der Waals surface area (Å²) in [7, 11) is 0. The van der Waals surface area contributed by atoms with Crippen molar-refractivity contribution in [3.8, 4) is 5.75 Å². The number of nitrogens with zero attached hydrogens (tertiary/aromatic N) is 2. The van der Waals surface area contributed by atoms with Crippen molar-refractivity contribution >= 4 is 23.0 Å². The van der Waals surface area contributed by atoms with E-state index in [-0.39, 0.29) is 42.8 Å². The normalized spacial score (nSPS) is 10.3. The third-order valence-corrected chi connectivity index (χ3v) is 2.63. The molecule has 0 unspecified atom stereocenters. The molecule has 0 aliphatic rings. The van der Waals surface area contributed by atoms with Gasteiger partial charge in [0, 0.05) is 13.1 Å². The van der Waals surface area contributed by atoms with Crippen LogP contribution in [0.15, 0.2) is 17.3 Å². The summed E-state index contributed by atoms with van der Waals surface area (Å²) in [6.45, 7) is 0.201. The van der Waals surface area contributed by atoms with Crippen LogP contribution in [0.25, 0.3) is 0 Å². The second kappa shape index (κ2) is 6.39. The number of benzene rings is 1. The maximum atomic E-state index is 10.4. The molecule has 0 aromatic heterocycles. The zero-order chi connectivity index (χ0) is 12.8. The van der Waals surface area contributed by atoms with Crippen molar-refractivity contribution in [2.45, 2.75) is 0 Å². The molecule has 0 radical (unpaired) electrons. The first kappa shape index (κ1) is 13.7. The van der Waals surface area contributed by atoms with Gasteiger partial charge in [-0.3, -0.25) is 0 Å². The molecular formula is C10H13ClN2O4. The Kier molecular flexibility index (Phi) is 5.14. The van der Waals surface area contributed by atoms with Gasteiger partial charge in [-0.2, -0.15) is 0 Å². The number of hydrogen-bond donors (Lipinski definition) is 3. The summed E-state index contributed by atoms with van der Waals surface area (Å²) in [5.41, 5.74) is 0.284. The summed E-state index contributed by atoms with van der Waals surface area (Å²) < 4.78 is 0. The molecule has 0 spiro atoms. The number of anilines is 1. The van der Waals surface area contributed by atoms with E-state index in [2.05, 4.69) is 5.18 Å². The predicted octanol–water partition coefficient (Wildman–Crippen LogP) is 1.23. The fourth-order valence-electron chi connectivity index (χ4n) is 1.46. The molecule has 17 heavy (non-hydrogen) atoms. The molecule has 3 N–H and O–H groups in total. The topological polar surface area (TPSA) is 93.4 Å². The van der Waals surface area contributed by atoms with Gasteiger partial charge in [0.05, 0.1) is 18.9 Å². The number of rotatable bonds is 6. The molecule has 0 saturated carbocycles. The lowest BCUT2D eigenvalue weighted by molar-refractivity contribution is 0.280. The summed E-state index contributed by atoms with van der Waals surface area (Å²) in [6, 6.07) is 2.83. The summed E-state index contributed by atoms with van der Waals surface area (Å²) in [4.78, 5) is 11.9. The van der Waals surface area contributed by atoms with E-state index >= 15 is 0 Å². The van der Waals surface area contributed by atoms with E-state index < -0.39 is 0 Å². The Balaban J connectivity index is 3.11. The zero-order valence-electron chi connectivity index (χ0n) is 9.01. The van der Waals surface area contributed by atoms with Crippen LogP contribution in [0.2, 0.25) is 5.02 Å². The number of phenols is 1. The van der Waals surface area contributed by atoms with Gasteiger partial charge in [0.25, 0.3) is 0 Å².